The van der Waals surface area contributed by atoms with Crippen molar-refractivity contribution in [2.24, 2.45) is 0 Å². The molecular weight excluding hydrogens is 370 g/mol. The molecular formula is C18H13N3O3S2. The highest BCUT2D eigenvalue weighted by atomic mass is 32.2. The average molecular weight is 383 g/mol. The molecule has 6 nitrogen and oxygen atoms in total. The van der Waals surface area contributed by atoms with Gasteiger partial charge in [0.2, 0.25) is 0 Å². The minimum atomic E-state index is -3.79. The topological polar surface area (TPSA) is 89.0 Å². The van der Waals surface area contributed by atoms with Crippen molar-refractivity contribution in [1.82, 2.24) is 9.97 Å². The molecule has 130 valence electrons. The first-order valence-electron chi connectivity index (χ1n) is 7.74. The Morgan fingerprint density at radius 1 is 1.00 bits per heavy atom. The molecule has 0 radical (unpaired) electrons. The second-order valence-corrected chi connectivity index (χ2v) is 8.47. The number of benzene rings is 2. The van der Waals surface area contributed by atoms with Crippen LogP contribution in [-0.4, -0.2) is 24.2 Å². The maximum absolute atomic E-state index is 12.6. The molecule has 0 amide bonds. The summed E-state index contributed by atoms with van der Waals surface area (Å²) in [5, 5.41) is 0. The first-order chi connectivity index (χ1) is 12.5. The number of aromatic nitrogens is 2. The van der Waals surface area contributed by atoms with E-state index in [1.54, 1.807) is 18.2 Å². The molecule has 0 unspecified atom stereocenters. The summed E-state index contributed by atoms with van der Waals surface area (Å²) in [5.74, 6) is -0.0224. The third-order valence-corrected chi connectivity index (χ3v) is 6.49. The van der Waals surface area contributed by atoms with Crippen molar-refractivity contribution in [3.05, 3.63) is 72.3 Å². The highest BCUT2D eigenvalue weighted by Crippen LogP contribution is 2.37. The number of fused-ring (bicyclic) bond motifs is 2. The molecule has 0 atom stereocenters. The summed E-state index contributed by atoms with van der Waals surface area (Å²) < 4.78 is 27.7. The van der Waals surface area contributed by atoms with Gasteiger partial charge in [0, 0.05) is 21.8 Å². The Bertz CT molecular complexity index is 1100. The molecule has 8 heteroatoms. The maximum Gasteiger partial charge on any atom is 0.262 e. The molecule has 0 spiro atoms. The lowest BCUT2D eigenvalue weighted by Gasteiger charge is -2.10. The molecule has 1 aliphatic heterocycles. The van der Waals surface area contributed by atoms with Crippen LogP contribution in [0.1, 0.15) is 15.9 Å². The molecule has 1 aromatic heterocycles. The normalized spacial score (nSPS) is 13.5. The van der Waals surface area contributed by atoms with Gasteiger partial charge in [0.05, 0.1) is 23.0 Å². The van der Waals surface area contributed by atoms with E-state index < -0.39 is 10.0 Å². The van der Waals surface area contributed by atoms with Crippen molar-refractivity contribution in [3.63, 3.8) is 0 Å². The van der Waals surface area contributed by atoms with Crippen LogP contribution in [0.3, 0.4) is 0 Å². The number of hydrogen-bond donors (Lipinski definition) is 1. The van der Waals surface area contributed by atoms with E-state index in [9.17, 15) is 13.2 Å². The summed E-state index contributed by atoms with van der Waals surface area (Å²) in [7, 11) is -3.79. The molecule has 3 aromatic rings. The van der Waals surface area contributed by atoms with E-state index >= 15 is 0 Å². The Kier molecular flexibility index (Phi) is 4.21. The van der Waals surface area contributed by atoms with Crippen LogP contribution in [-0.2, 0) is 16.4 Å². The highest BCUT2D eigenvalue weighted by molar-refractivity contribution is 7.99. The maximum atomic E-state index is 12.6. The van der Waals surface area contributed by atoms with Crippen LogP contribution in [0.4, 0.5) is 5.69 Å². The molecule has 26 heavy (non-hydrogen) atoms. The Morgan fingerprint density at radius 3 is 2.58 bits per heavy atom. The zero-order valence-electron chi connectivity index (χ0n) is 13.4. The minimum Gasteiger partial charge on any atom is -0.294 e. The average Bonchev–Trinajstić information content (AvgIpc) is 2.77. The number of Topliss-reactive ketones (excluding diaryl/α,β-unsaturated/α-hetero) is 1. The molecule has 4 rings (SSSR count). The lowest BCUT2D eigenvalue weighted by atomic mass is 10.0. The van der Waals surface area contributed by atoms with E-state index in [2.05, 4.69) is 14.7 Å². The Morgan fingerprint density at radius 2 is 1.77 bits per heavy atom. The Balaban J connectivity index is 1.70. The van der Waals surface area contributed by atoms with E-state index in [1.165, 1.54) is 36.5 Å². The molecule has 0 saturated carbocycles. The number of ketones is 1. The van der Waals surface area contributed by atoms with Gasteiger partial charge in [-0.2, -0.15) is 0 Å². The van der Waals surface area contributed by atoms with Gasteiger partial charge in [-0.3, -0.25) is 9.52 Å². The predicted octanol–water partition coefficient (Wildman–Crippen LogP) is 3.17. The fraction of sp³-hybridized carbons (Fsp3) is 0.0556. The third-order valence-electron chi connectivity index (χ3n) is 3.91. The molecule has 1 aliphatic rings. The molecule has 1 N–H and O–H groups in total. The largest absolute Gasteiger partial charge is 0.294 e. The first-order valence-corrected chi connectivity index (χ1v) is 10.0. The zero-order valence-corrected chi connectivity index (χ0v) is 15.0. The van der Waals surface area contributed by atoms with Gasteiger partial charge in [-0.25, -0.2) is 18.4 Å². The number of sulfonamides is 1. The Hall–Kier alpha value is -2.71. The Labute approximate surface area is 154 Å². The van der Waals surface area contributed by atoms with Gasteiger partial charge in [-0.1, -0.05) is 30.0 Å². The molecule has 0 fully saturated rings. The second-order valence-electron chi connectivity index (χ2n) is 5.70. The first kappa shape index (κ1) is 16.7. The van der Waals surface area contributed by atoms with E-state index in [1.807, 2.05) is 18.2 Å². The fourth-order valence-corrected chi connectivity index (χ4v) is 4.85. The van der Waals surface area contributed by atoms with Crippen LogP contribution in [0.25, 0.3) is 0 Å². The van der Waals surface area contributed by atoms with E-state index in [0.29, 0.717) is 11.1 Å². The number of carbonyl (C=O) groups is 1. The van der Waals surface area contributed by atoms with Crippen molar-refractivity contribution in [3.8, 4) is 0 Å². The van der Waals surface area contributed by atoms with Crippen molar-refractivity contribution >= 4 is 33.3 Å². The summed E-state index contributed by atoms with van der Waals surface area (Å²) in [6.45, 7) is 0. The van der Waals surface area contributed by atoms with Gasteiger partial charge in [0.15, 0.2) is 5.78 Å². The van der Waals surface area contributed by atoms with E-state index in [-0.39, 0.29) is 22.8 Å². The van der Waals surface area contributed by atoms with E-state index in [0.717, 1.165) is 9.79 Å². The number of nitrogens with one attached hydrogen (secondary N) is 1. The van der Waals surface area contributed by atoms with Crippen molar-refractivity contribution < 1.29 is 13.2 Å². The standard InChI is InChI=1S/C18H13N3O3S2/c22-16-8-12-7-14(26(23,24)21-13-9-19-11-20-10-13)5-6-17(12)25-18-4-2-1-3-15(16)18/h1-7,9-11,21H,8H2. The molecule has 2 heterocycles. The predicted molar refractivity (Wildman–Crippen MR) is 97.9 cm³/mol. The van der Waals surface area contributed by atoms with Gasteiger partial charge in [0.25, 0.3) is 10.0 Å². The molecule has 0 saturated heterocycles. The van der Waals surface area contributed by atoms with Gasteiger partial charge >= 0.3 is 0 Å². The van der Waals surface area contributed by atoms with Gasteiger partial charge in [-0.05, 0) is 29.8 Å². The van der Waals surface area contributed by atoms with Crippen LogP contribution in [0.2, 0.25) is 0 Å². The number of anilines is 1. The third kappa shape index (κ3) is 3.21. The smallest absolute Gasteiger partial charge is 0.262 e. The number of hydrogen-bond acceptors (Lipinski definition) is 6. The van der Waals surface area contributed by atoms with Crippen LogP contribution in [0, 0.1) is 0 Å². The van der Waals surface area contributed by atoms with E-state index in [4.69, 9.17) is 0 Å². The molecule has 0 aliphatic carbocycles. The quantitative estimate of drug-likeness (QED) is 0.747. The van der Waals surface area contributed by atoms with Crippen LogP contribution >= 0.6 is 11.8 Å². The number of rotatable bonds is 3. The van der Waals surface area contributed by atoms with Crippen LogP contribution < -0.4 is 4.72 Å². The number of carbonyl (C=O) groups excluding carboxylic acids is 1. The summed E-state index contributed by atoms with van der Waals surface area (Å²) >= 11 is 1.47. The molecule has 2 aromatic carbocycles. The fourth-order valence-electron chi connectivity index (χ4n) is 2.70. The van der Waals surface area contributed by atoms with Crippen molar-refractivity contribution in [2.45, 2.75) is 21.1 Å². The van der Waals surface area contributed by atoms with Gasteiger partial charge in [0.1, 0.15) is 6.33 Å². The lowest BCUT2D eigenvalue weighted by Crippen LogP contribution is -2.14. The monoisotopic (exact) mass is 383 g/mol. The lowest BCUT2D eigenvalue weighted by molar-refractivity contribution is 0.0990. The summed E-state index contributed by atoms with van der Waals surface area (Å²) in [5.41, 5.74) is 1.64. The zero-order chi connectivity index (χ0) is 18.1. The van der Waals surface area contributed by atoms with Crippen LogP contribution in [0.5, 0.6) is 0 Å². The SMILES string of the molecule is O=C1Cc2cc(S(=O)(=O)Nc3cncnc3)ccc2Sc2ccccc21. The molecule has 0 bridgehead atoms. The summed E-state index contributed by atoms with van der Waals surface area (Å²) in [4.78, 5) is 22.0. The highest BCUT2D eigenvalue weighted by Gasteiger charge is 2.23. The number of nitrogens with zero attached hydrogens (tertiary/aromatic N) is 2. The van der Waals surface area contributed by atoms with Crippen molar-refractivity contribution in [2.75, 3.05) is 4.72 Å². The van der Waals surface area contributed by atoms with Crippen molar-refractivity contribution in [1.29, 1.82) is 0 Å². The summed E-state index contributed by atoms with van der Waals surface area (Å²) in [6, 6.07) is 12.2. The van der Waals surface area contributed by atoms with Gasteiger partial charge < -0.3 is 0 Å². The summed E-state index contributed by atoms with van der Waals surface area (Å²) in [6.07, 6.45) is 4.24. The van der Waals surface area contributed by atoms with Crippen LogP contribution in [0.15, 0.2) is 75.9 Å². The minimum absolute atomic E-state index is 0.0224. The van der Waals surface area contributed by atoms with Gasteiger partial charge in [-0.15, -0.1) is 0 Å². The second kappa shape index (κ2) is 6.54.